The van der Waals surface area contributed by atoms with Crippen molar-refractivity contribution in [1.29, 1.82) is 0 Å². The Hall–Kier alpha value is -1.99. The number of anilines is 1. The van der Waals surface area contributed by atoms with Gasteiger partial charge in [0.25, 0.3) is 0 Å². The van der Waals surface area contributed by atoms with Crippen LogP contribution in [0.25, 0.3) is 0 Å². The Morgan fingerprint density at radius 1 is 1.17 bits per heavy atom. The number of amides is 1. The molecule has 0 radical (unpaired) electrons. The molecule has 2 unspecified atom stereocenters. The third-order valence-corrected chi connectivity index (χ3v) is 4.00. The van der Waals surface area contributed by atoms with Gasteiger partial charge in [0, 0.05) is 12.0 Å². The van der Waals surface area contributed by atoms with Gasteiger partial charge in [-0.15, -0.1) is 12.4 Å². The molecule has 0 heterocycles. The zero-order chi connectivity index (χ0) is 17.0. The Labute approximate surface area is 147 Å². The molecular weight excluding hydrogens is 336 g/mol. The topological polar surface area (TPSA) is 99.9 Å². The van der Waals surface area contributed by atoms with E-state index in [1.165, 1.54) is 33.5 Å². The fraction of sp³-hybridized carbons (Fsp3) is 0.500. The van der Waals surface area contributed by atoms with E-state index < -0.39 is 5.97 Å². The lowest BCUT2D eigenvalue weighted by Crippen LogP contribution is -2.23. The van der Waals surface area contributed by atoms with Gasteiger partial charge >= 0.3 is 5.97 Å². The summed E-state index contributed by atoms with van der Waals surface area (Å²) in [4.78, 5) is 24.2. The molecule has 0 bridgehead atoms. The van der Waals surface area contributed by atoms with Gasteiger partial charge in [0.1, 0.15) is 0 Å². The minimum absolute atomic E-state index is 0. The van der Waals surface area contributed by atoms with E-state index in [0.717, 1.165) is 12.8 Å². The van der Waals surface area contributed by atoms with E-state index in [0.29, 0.717) is 23.6 Å². The number of ether oxygens (including phenoxy) is 3. The maximum atomic E-state index is 12.4. The number of methoxy groups -OCH3 is 3. The van der Waals surface area contributed by atoms with E-state index >= 15 is 0 Å². The van der Waals surface area contributed by atoms with Crippen LogP contribution in [0.1, 0.15) is 29.6 Å². The van der Waals surface area contributed by atoms with Crippen molar-refractivity contribution < 1.29 is 23.8 Å². The van der Waals surface area contributed by atoms with Gasteiger partial charge in [-0.25, -0.2) is 4.79 Å². The van der Waals surface area contributed by atoms with E-state index in [9.17, 15) is 9.59 Å². The van der Waals surface area contributed by atoms with Crippen LogP contribution in [0.15, 0.2) is 12.1 Å². The predicted octanol–water partition coefficient (Wildman–Crippen LogP) is 1.98. The number of esters is 1. The number of hydrogen-bond acceptors (Lipinski definition) is 6. The summed E-state index contributed by atoms with van der Waals surface area (Å²) in [6.07, 6.45) is 2.24. The molecule has 1 fully saturated rings. The molecule has 7 nitrogen and oxygen atoms in total. The molecule has 1 aliphatic rings. The van der Waals surface area contributed by atoms with Gasteiger partial charge in [-0.3, -0.25) is 4.79 Å². The Kier molecular flexibility index (Phi) is 7.31. The first-order valence-electron chi connectivity index (χ1n) is 7.41. The first-order valence-corrected chi connectivity index (χ1v) is 7.41. The number of nitrogens with one attached hydrogen (secondary N) is 1. The van der Waals surface area contributed by atoms with Gasteiger partial charge < -0.3 is 25.3 Å². The molecule has 1 aromatic rings. The van der Waals surface area contributed by atoms with Crippen LogP contribution in [0.5, 0.6) is 11.5 Å². The number of carbonyl (C=O) groups is 2. The normalized spacial score (nSPS) is 19.2. The van der Waals surface area contributed by atoms with Gasteiger partial charge in [0.15, 0.2) is 11.5 Å². The summed E-state index contributed by atoms with van der Waals surface area (Å²) >= 11 is 0. The Balaban J connectivity index is 0.00000288. The summed E-state index contributed by atoms with van der Waals surface area (Å²) in [5, 5.41) is 2.81. The van der Waals surface area contributed by atoms with E-state index in [4.69, 9.17) is 19.9 Å². The van der Waals surface area contributed by atoms with Crippen molar-refractivity contribution in [2.24, 2.45) is 11.7 Å². The lowest BCUT2D eigenvalue weighted by Gasteiger charge is -2.17. The standard InChI is InChI=1S/C16H22N2O5.ClH/c1-21-13-8-10(16(20)23-3)7-12(14(13)22-2)18-15(19)9-4-5-11(17)6-9;/h7-9,11H,4-6,17H2,1-3H3,(H,18,19);1H. The second-order valence-electron chi connectivity index (χ2n) is 5.51. The average molecular weight is 359 g/mol. The van der Waals surface area contributed by atoms with Crippen LogP contribution in [-0.4, -0.2) is 39.2 Å². The second kappa shape index (κ2) is 8.75. The van der Waals surface area contributed by atoms with Crippen LogP contribution >= 0.6 is 12.4 Å². The van der Waals surface area contributed by atoms with Crippen molar-refractivity contribution in [1.82, 2.24) is 0 Å². The summed E-state index contributed by atoms with van der Waals surface area (Å²) in [6, 6.07) is 3.08. The Bertz CT molecular complexity index is 608. The van der Waals surface area contributed by atoms with Crippen molar-refractivity contribution in [2.45, 2.75) is 25.3 Å². The molecule has 0 spiro atoms. The van der Waals surface area contributed by atoms with E-state index in [-0.39, 0.29) is 35.8 Å². The quantitative estimate of drug-likeness (QED) is 0.781. The lowest BCUT2D eigenvalue weighted by atomic mass is 10.1. The fourth-order valence-electron chi connectivity index (χ4n) is 2.78. The number of hydrogen-bond donors (Lipinski definition) is 2. The highest BCUT2D eigenvalue weighted by Crippen LogP contribution is 2.37. The summed E-state index contributed by atoms with van der Waals surface area (Å²) < 4.78 is 15.3. The number of benzene rings is 1. The molecule has 2 rings (SSSR count). The second-order valence-corrected chi connectivity index (χ2v) is 5.51. The molecule has 3 N–H and O–H groups in total. The molecular formula is C16H23ClN2O5. The zero-order valence-corrected chi connectivity index (χ0v) is 14.8. The van der Waals surface area contributed by atoms with Crippen LogP contribution in [0, 0.1) is 5.92 Å². The maximum Gasteiger partial charge on any atom is 0.338 e. The summed E-state index contributed by atoms with van der Waals surface area (Å²) in [6.45, 7) is 0. The third kappa shape index (κ3) is 4.30. The van der Waals surface area contributed by atoms with Crippen molar-refractivity contribution >= 4 is 30.0 Å². The molecule has 1 amide bonds. The predicted molar refractivity (Wildman–Crippen MR) is 92.1 cm³/mol. The van der Waals surface area contributed by atoms with Crippen LogP contribution in [0.2, 0.25) is 0 Å². The van der Waals surface area contributed by atoms with Crippen molar-refractivity contribution in [2.75, 3.05) is 26.6 Å². The molecule has 1 aromatic carbocycles. The smallest absolute Gasteiger partial charge is 0.338 e. The van der Waals surface area contributed by atoms with Gasteiger partial charge in [-0.1, -0.05) is 0 Å². The molecule has 1 aliphatic carbocycles. The number of rotatable bonds is 5. The molecule has 2 atom stereocenters. The van der Waals surface area contributed by atoms with Crippen molar-refractivity contribution in [3.8, 4) is 11.5 Å². The van der Waals surface area contributed by atoms with E-state index in [2.05, 4.69) is 5.32 Å². The highest BCUT2D eigenvalue weighted by atomic mass is 35.5. The summed E-state index contributed by atoms with van der Waals surface area (Å²) in [5.74, 6) is -0.100. The molecule has 1 saturated carbocycles. The van der Waals surface area contributed by atoms with Crippen molar-refractivity contribution in [3.05, 3.63) is 17.7 Å². The van der Waals surface area contributed by atoms with Crippen LogP contribution in [0.4, 0.5) is 5.69 Å². The first kappa shape index (κ1) is 20.1. The molecule has 0 aromatic heterocycles. The molecule has 8 heteroatoms. The molecule has 134 valence electrons. The molecule has 24 heavy (non-hydrogen) atoms. The highest BCUT2D eigenvalue weighted by Gasteiger charge is 2.29. The Morgan fingerprint density at radius 3 is 2.38 bits per heavy atom. The minimum atomic E-state index is -0.524. The van der Waals surface area contributed by atoms with Crippen molar-refractivity contribution in [3.63, 3.8) is 0 Å². The maximum absolute atomic E-state index is 12.4. The van der Waals surface area contributed by atoms with Gasteiger partial charge in [-0.05, 0) is 31.4 Å². The van der Waals surface area contributed by atoms with E-state index in [1.54, 1.807) is 0 Å². The summed E-state index contributed by atoms with van der Waals surface area (Å²) in [5.41, 5.74) is 6.49. The highest BCUT2D eigenvalue weighted by molar-refractivity contribution is 5.98. The third-order valence-electron chi connectivity index (χ3n) is 4.00. The molecule has 0 saturated heterocycles. The average Bonchev–Trinajstić information content (AvgIpc) is 2.99. The monoisotopic (exact) mass is 358 g/mol. The van der Waals surface area contributed by atoms with E-state index in [1.807, 2.05) is 0 Å². The van der Waals surface area contributed by atoms with Crippen LogP contribution in [0.3, 0.4) is 0 Å². The van der Waals surface area contributed by atoms with Gasteiger partial charge in [-0.2, -0.15) is 0 Å². The number of carbonyl (C=O) groups excluding carboxylic acids is 2. The number of halogens is 1. The minimum Gasteiger partial charge on any atom is -0.493 e. The summed E-state index contributed by atoms with van der Waals surface area (Å²) in [7, 11) is 4.22. The number of nitrogens with two attached hydrogens (primary N) is 1. The molecule has 0 aliphatic heterocycles. The SMILES string of the molecule is COC(=O)c1cc(NC(=O)C2CCC(N)C2)c(OC)c(OC)c1.Cl. The lowest BCUT2D eigenvalue weighted by molar-refractivity contribution is -0.119. The van der Waals surface area contributed by atoms with Crippen LogP contribution in [-0.2, 0) is 9.53 Å². The van der Waals surface area contributed by atoms with Gasteiger partial charge in [0.05, 0.1) is 32.6 Å². The fourth-order valence-corrected chi connectivity index (χ4v) is 2.78. The van der Waals surface area contributed by atoms with Gasteiger partial charge in [0.2, 0.25) is 5.91 Å². The van der Waals surface area contributed by atoms with Crippen LogP contribution < -0.4 is 20.5 Å². The largest absolute Gasteiger partial charge is 0.493 e. The Morgan fingerprint density at radius 2 is 1.88 bits per heavy atom. The first-order chi connectivity index (χ1) is 11.0. The zero-order valence-electron chi connectivity index (χ0n) is 14.0.